The summed E-state index contributed by atoms with van der Waals surface area (Å²) in [7, 11) is 3.30. The summed E-state index contributed by atoms with van der Waals surface area (Å²) in [6, 6.07) is 12.8. The van der Waals surface area contributed by atoms with Crippen LogP contribution in [0.4, 0.5) is 0 Å². The molecule has 0 aliphatic heterocycles. The fourth-order valence-corrected chi connectivity index (χ4v) is 4.74. The van der Waals surface area contributed by atoms with Crippen LogP contribution in [-0.4, -0.2) is 30.7 Å². The molecule has 6 heteroatoms. The van der Waals surface area contributed by atoms with Gasteiger partial charge in [0, 0.05) is 41.1 Å². The molecule has 5 nitrogen and oxygen atoms in total. The van der Waals surface area contributed by atoms with Crippen molar-refractivity contribution in [2.75, 3.05) is 14.2 Å². The van der Waals surface area contributed by atoms with Crippen molar-refractivity contribution >= 4 is 34.3 Å². The number of carbonyl (C=O) groups excluding carboxylic acids is 2. The molecule has 1 fully saturated rings. The third-order valence-corrected chi connectivity index (χ3v) is 6.45. The summed E-state index contributed by atoms with van der Waals surface area (Å²) >= 11 is 6.49. The molecule has 30 heavy (non-hydrogen) atoms. The molecule has 2 aromatic carbocycles. The normalized spacial score (nSPS) is 19.1. The number of likely N-dealkylation sites (N-methyl/N-ethyl adjacent to an activating group) is 1. The Morgan fingerprint density at radius 3 is 2.77 bits per heavy atom. The van der Waals surface area contributed by atoms with E-state index in [2.05, 4.69) is 0 Å². The maximum absolute atomic E-state index is 13.4. The molecule has 3 aromatic rings. The van der Waals surface area contributed by atoms with Crippen LogP contribution in [0.15, 0.2) is 53.1 Å². The Morgan fingerprint density at radius 1 is 1.23 bits per heavy atom. The number of hydrogen-bond acceptors (Lipinski definition) is 4. The second-order valence-electron chi connectivity index (χ2n) is 7.72. The number of amides is 1. The Balaban J connectivity index is 1.69. The van der Waals surface area contributed by atoms with Crippen molar-refractivity contribution < 1.29 is 18.7 Å². The minimum atomic E-state index is -1.03. The van der Waals surface area contributed by atoms with Gasteiger partial charge in [-0.2, -0.15) is 0 Å². The molecule has 1 heterocycles. The second-order valence-corrected chi connectivity index (χ2v) is 8.13. The smallest absolute Gasteiger partial charge is 0.227 e. The Bertz CT molecular complexity index is 1110. The molecular weight excluding hydrogens is 402 g/mol. The van der Waals surface area contributed by atoms with Gasteiger partial charge in [0.05, 0.1) is 19.8 Å². The van der Waals surface area contributed by atoms with Crippen molar-refractivity contribution in [3.63, 3.8) is 0 Å². The number of carbonyl (C=O) groups is 2. The molecule has 1 aromatic heterocycles. The van der Waals surface area contributed by atoms with Crippen LogP contribution in [0.1, 0.15) is 36.8 Å². The molecule has 1 aliphatic rings. The molecule has 1 saturated carbocycles. The summed E-state index contributed by atoms with van der Waals surface area (Å²) in [5.41, 5.74) is 1.11. The van der Waals surface area contributed by atoms with Gasteiger partial charge in [-0.25, -0.2) is 0 Å². The van der Waals surface area contributed by atoms with Gasteiger partial charge in [-0.3, -0.25) is 9.59 Å². The zero-order valence-electron chi connectivity index (χ0n) is 17.1. The van der Waals surface area contributed by atoms with Crippen LogP contribution in [0.3, 0.4) is 0 Å². The van der Waals surface area contributed by atoms with Gasteiger partial charge in [-0.05, 0) is 37.5 Å². The van der Waals surface area contributed by atoms with Gasteiger partial charge in [-0.15, -0.1) is 0 Å². The van der Waals surface area contributed by atoms with E-state index >= 15 is 0 Å². The highest BCUT2D eigenvalue weighted by atomic mass is 35.5. The van der Waals surface area contributed by atoms with Gasteiger partial charge in [0.1, 0.15) is 16.9 Å². The van der Waals surface area contributed by atoms with E-state index in [0.29, 0.717) is 34.8 Å². The van der Waals surface area contributed by atoms with Gasteiger partial charge in [0.2, 0.25) is 5.91 Å². The number of rotatable bonds is 5. The lowest BCUT2D eigenvalue weighted by Crippen LogP contribution is -2.54. The third kappa shape index (κ3) is 3.37. The van der Waals surface area contributed by atoms with Crippen LogP contribution in [0.25, 0.3) is 11.0 Å². The van der Waals surface area contributed by atoms with E-state index in [1.54, 1.807) is 37.5 Å². The standard InChI is InChI=1S/C24H24ClNO4/c1-26(23(28)13-16-15-30-21-14-17(29-2)10-11-18(16)21)24(12-6-5-9-22(24)27)19-7-3-4-8-20(19)25/h3-4,7-8,10-11,14-15H,5-6,9,12-13H2,1-2H3. The fraction of sp³-hybridized carbons (Fsp3) is 0.333. The number of ether oxygens (including phenoxy) is 1. The molecule has 1 aliphatic carbocycles. The molecule has 0 radical (unpaired) electrons. The maximum Gasteiger partial charge on any atom is 0.227 e. The minimum Gasteiger partial charge on any atom is -0.497 e. The molecule has 4 rings (SSSR count). The number of hydrogen-bond donors (Lipinski definition) is 0. The van der Waals surface area contributed by atoms with Gasteiger partial charge >= 0.3 is 0 Å². The van der Waals surface area contributed by atoms with Crippen LogP contribution >= 0.6 is 11.6 Å². The average molecular weight is 426 g/mol. The zero-order chi connectivity index (χ0) is 21.3. The quantitative estimate of drug-likeness (QED) is 0.568. The number of nitrogens with zero attached hydrogens (tertiary/aromatic N) is 1. The number of fused-ring (bicyclic) bond motifs is 1. The molecule has 0 saturated heterocycles. The fourth-order valence-electron chi connectivity index (χ4n) is 4.45. The van der Waals surface area contributed by atoms with E-state index in [0.717, 1.165) is 23.8 Å². The highest BCUT2D eigenvalue weighted by Gasteiger charge is 2.47. The molecule has 0 bridgehead atoms. The number of furan rings is 1. The zero-order valence-corrected chi connectivity index (χ0v) is 17.9. The van der Waals surface area contributed by atoms with Crippen LogP contribution in [-0.2, 0) is 21.5 Å². The number of Topliss-reactive ketones (excluding diaryl/α,β-unsaturated/α-hetero) is 1. The van der Waals surface area contributed by atoms with E-state index in [-0.39, 0.29) is 18.1 Å². The number of ketones is 1. The first-order valence-corrected chi connectivity index (χ1v) is 10.4. The summed E-state index contributed by atoms with van der Waals surface area (Å²) in [5, 5.41) is 1.37. The lowest BCUT2D eigenvalue weighted by atomic mass is 9.74. The number of benzene rings is 2. The van der Waals surface area contributed by atoms with E-state index in [1.165, 1.54) is 0 Å². The minimum absolute atomic E-state index is 0.0412. The topological polar surface area (TPSA) is 59.8 Å². The summed E-state index contributed by atoms with van der Waals surface area (Å²) in [5.74, 6) is 0.584. The summed E-state index contributed by atoms with van der Waals surface area (Å²) in [6.07, 6.45) is 4.44. The van der Waals surface area contributed by atoms with Crippen molar-refractivity contribution in [3.05, 3.63) is 64.9 Å². The molecule has 0 spiro atoms. The highest BCUT2D eigenvalue weighted by molar-refractivity contribution is 6.31. The number of halogens is 1. The first-order chi connectivity index (χ1) is 14.5. The highest BCUT2D eigenvalue weighted by Crippen LogP contribution is 2.42. The van der Waals surface area contributed by atoms with Crippen molar-refractivity contribution in [2.24, 2.45) is 0 Å². The van der Waals surface area contributed by atoms with E-state index < -0.39 is 5.54 Å². The largest absolute Gasteiger partial charge is 0.497 e. The Labute approximate surface area is 180 Å². The number of methoxy groups -OCH3 is 1. The van der Waals surface area contributed by atoms with E-state index in [9.17, 15) is 9.59 Å². The molecule has 156 valence electrons. The van der Waals surface area contributed by atoms with Gasteiger partial charge in [0.15, 0.2) is 5.78 Å². The maximum atomic E-state index is 13.4. The average Bonchev–Trinajstić information content (AvgIpc) is 3.16. The molecule has 1 atom stereocenters. The van der Waals surface area contributed by atoms with Crippen molar-refractivity contribution in [1.82, 2.24) is 4.90 Å². The van der Waals surface area contributed by atoms with Gasteiger partial charge in [0.25, 0.3) is 0 Å². The van der Waals surface area contributed by atoms with Crippen molar-refractivity contribution in [2.45, 2.75) is 37.6 Å². The van der Waals surface area contributed by atoms with Crippen LogP contribution in [0.5, 0.6) is 5.75 Å². The summed E-state index contributed by atoms with van der Waals surface area (Å²) < 4.78 is 10.9. The Morgan fingerprint density at radius 2 is 2.03 bits per heavy atom. The van der Waals surface area contributed by atoms with E-state index in [1.807, 2.05) is 30.3 Å². The predicted molar refractivity (Wildman–Crippen MR) is 116 cm³/mol. The first-order valence-electron chi connectivity index (χ1n) is 10.1. The first kappa shape index (κ1) is 20.5. The molecular formula is C24H24ClNO4. The van der Waals surface area contributed by atoms with E-state index in [4.69, 9.17) is 20.8 Å². The van der Waals surface area contributed by atoms with Crippen molar-refractivity contribution in [3.8, 4) is 5.75 Å². The lowest BCUT2D eigenvalue weighted by molar-refractivity contribution is -0.147. The SMILES string of the molecule is COc1ccc2c(CC(=O)N(C)C3(c4ccccc4Cl)CCCCC3=O)coc2c1. The monoisotopic (exact) mass is 425 g/mol. The molecule has 0 N–H and O–H groups in total. The van der Waals surface area contributed by atoms with Crippen LogP contribution < -0.4 is 4.74 Å². The third-order valence-electron chi connectivity index (χ3n) is 6.12. The van der Waals surface area contributed by atoms with Crippen LogP contribution in [0.2, 0.25) is 5.02 Å². The van der Waals surface area contributed by atoms with Gasteiger partial charge < -0.3 is 14.1 Å². The summed E-state index contributed by atoms with van der Waals surface area (Å²) in [6.45, 7) is 0. The molecule has 1 amide bonds. The molecule has 1 unspecified atom stereocenters. The van der Waals surface area contributed by atoms with Gasteiger partial charge in [-0.1, -0.05) is 29.8 Å². The Hall–Kier alpha value is -2.79. The second kappa shape index (κ2) is 8.15. The summed E-state index contributed by atoms with van der Waals surface area (Å²) in [4.78, 5) is 28.2. The van der Waals surface area contributed by atoms with Crippen LogP contribution in [0, 0.1) is 0 Å². The Kier molecular flexibility index (Phi) is 5.56. The predicted octanol–water partition coefficient (Wildman–Crippen LogP) is 5.13. The van der Waals surface area contributed by atoms with Crippen molar-refractivity contribution in [1.29, 1.82) is 0 Å². The lowest BCUT2D eigenvalue weighted by Gasteiger charge is -2.44.